The van der Waals surface area contributed by atoms with Gasteiger partial charge in [-0.05, 0) is 26.0 Å². The molecule has 0 radical (unpaired) electrons. The average Bonchev–Trinajstić information content (AvgIpc) is 2.28. The zero-order valence-electron chi connectivity index (χ0n) is 10.2. The quantitative estimate of drug-likeness (QED) is 0.697. The Balaban J connectivity index is 2.60. The van der Waals surface area contributed by atoms with Crippen LogP contribution >= 0.6 is 11.6 Å². The maximum absolute atomic E-state index is 11.7. The fourth-order valence-corrected chi connectivity index (χ4v) is 1.39. The van der Waals surface area contributed by atoms with E-state index < -0.39 is 5.91 Å². The Kier molecular flexibility index (Phi) is 4.91. The summed E-state index contributed by atoms with van der Waals surface area (Å²) in [4.78, 5) is 26.9. The van der Waals surface area contributed by atoms with Gasteiger partial charge in [0.05, 0.1) is 12.2 Å². The molecule has 0 atom stereocenters. The third kappa shape index (κ3) is 4.21. The van der Waals surface area contributed by atoms with Gasteiger partial charge in [0.1, 0.15) is 5.15 Å². The molecular weight excluding hydrogens is 256 g/mol. The van der Waals surface area contributed by atoms with Gasteiger partial charge in [-0.1, -0.05) is 11.6 Å². The number of rotatable bonds is 4. The topological polar surface area (TPSA) is 97.1 Å². The van der Waals surface area contributed by atoms with Gasteiger partial charge in [0, 0.05) is 6.04 Å². The number of nitrogens with zero attached hydrogens (tertiary/aromatic N) is 1. The second-order valence-corrected chi connectivity index (χ2v) is 4.36. The molecule has 1 aromatic heterocycles. The number of nitrogens with one attached hydrogen (secondary N) is 2. The summed E-state index contributed by atoms with van der Waals surface area (Å²) in [7, 11) is 0. The fourth-order valence-electron chi connectivity index (χ4n) is 1.25. The Bertz CT molecular complexity index is 462. The van der Waals surface area contributed by atoms with Crippen molar-refractivity contribution in [2.45, 2.75) is 19.9 Å². The summed E-state index contributed by atoms with van der Waals surface area (Å²) >= 11 is 5.67. The number of halogens is 1. The standard InChI is InChI=1S/C11H15ClN4O2/c1-6(2)15-9(17)5-14-11(18)10-7(13)3-4-8(12)16-10/h3-4,6H,5,13H2,1-2H3,(H,14,18)(H,15,17). The molecule has 1 heterocycles. The van der Waals surface area contributed by atoms with Gasteiger partial charge < -0.3 is 16.4 Å². The van der Waals surface area contributed by atoms with E-state index in [4.69, 9.17) is 17.3 Å². The molecule has 0 saturated heterocycles. The van der Waals surface area contributed by atoms with Gasteiger partial charge in [-0.15, -0.1) is 0 Å². The minimum atomic E-state index is -0.533. The molecule has 6 nitrogen and oxygen atoms in total. The van der Waals surface area contributed by atoms with Crippen LogP contribution in [0.15, 0.2) is 12.1 Å². The monoisotopic (exact) mass is 270 g/mol. The summed E-state index contributed by atoms with van der Waals surface area (Å²) in [6.45, 7) is 3.52. The third-order valence-corrected chi connectivity index (χ3v) is 2.18. The molecule has 0 fully saturated rings. The maximum Gasteiger partial charge on any atom is 0.272 e. The van der Waals surface area contributed by atoms with Crippen LogP contribution in [0.25, 0.3) is 0 Å². The summed E-state index contributed by atoms with van der Waals surface area (Å²) in [5.74, 6) is -0.812. The van der Waals surface area contributed by atoms with Crippen LogP contribution in [-0.2, 0) is 4.79 Å². The van der Waals surface area contributed by atoms with Crippen LogP contribution in [0.1, 0.15) is 24.3 Å². The average molecular weight is 271 g/mol. The Labute approximate surface area is 110 Å². The van der Waals surface area contributed by atoms with Gasteiger partial charge >= 0.3 is 0 Å². The largest absolute Gasteiger partial charge is 0.397 e. The molecule has 0 aliphatic heterocycles. The van der Waals surface area contributed by atoms with E-state index in [0.29, 0.717) is 0 Å². The van der Waals surface area contributed by atoms with Crippen LogP contribution in [0.4, 0.5) is 5.69 Å². The number of amides is 2. The van der Waals surface area contributed by atoms with Crippen molar-refractivity contribution in [1.82, 2.24) is 15.6 Å². The highest BCUT2D eigenvalue weighted by atomic mass is 35.5. The van der Waals surface area contributed by atoms with E-state index in [1.807, 2.05) is 13.8 Å². The van der Waals surface area contributed by atoms with E-state index in [0.717, 1.165) is 0 Å². The van der Waals surface area contributed by atoms with E-state index in [1.54, 1.807) is 0 Å². The molecule has 7 heteroatoms. The molecule has 0 aliphatic carbocycles. The molecule has 0 aliphatic rings. The van der Waals surface area contributed by atoms with E-state index in [2.05, 4.69) is 15.6 Å². The number of hydrogen-bond acceptors (Lipinski definition) is 4. The summed E-state index contributed by atoms with van der Waals surface area (Å²) in [5.41, 5.74) is 5.82. The van der Waals surface area contributed by atoms with Crippen LogP contribution in [0.5, 0.6) is 0 Å². The summed E-state index contributed by atoms with van der Waals surface area (Å²) in [6, 6.07) is 2.99. The smallest absolute Gasteiger partial charge is 0.272 e. The predicted octanol–water partition coefficient (Wildman–Crippen LogP) is 0.572. The number of carbonyl (C=O) groups is 2. The molecule has 4 N–H and O–H groups in total. The molecule has 0 aromatic carbocycles. The molecule has 0 saturated carbocycles. The van der Waals surface area contributed by atoms with Crippen LogP contribution in [-0.4, -0.2) is 29.4 Å². The second-order valence-electron chi connectivity index (χ2n) is 3.98. The van der Waals surface area contributed by atoms with Crippen molar-refractivity contribution in [3.8, 4) is 0 Å². The van der Waals surface area contributed by atoms with Gasteiger partial charge in [-0.25, -0.2) is 4.98 Å². The zero-order chi connectivity index (χ0) is 13.7. The number of carbonyl (C=O) groups excluding carboxylic acids is 2. The highest BCUT2D eigenvalue weighted by Crippen LogP contribution is 2.12. The van der Waals surface area contributed by atoms with Gasteiger partial charge in [0.2, 0.25) is 5.91 Å². The molecule has 0 spiro atoms. The maximum atomic E-state index is 11.7. The molecule has 2 amide bonds. The fraction of sp³-hybridized carbons (Fsp3) is 0.364. The molecule has 98 valence electrons. The molecular formula is C11H15ClN4O2. The Morgan fingerprint density at radius 2 is 2.11 bits per heavy atom. The minimum absolute atomic E-state index is 0.0137. The summed E-state index contributed by atoms with van der Waals surface area (Å²) < 4.78 is 0. The van der Waals surface area contributed by atoms with Crippen LogP contribution < -0.4 is 16.4 Å². The second kappa shape index (κ2) is 6.20. The first-order valence-corrected chi connectivity index (χ1v) is 5.77. The van der Waals surface area contributed by atoms with Gasteiger partial charge in [0.15, 0.2) is 5.69 Å². The highest BCUT2D eigenvalue weighted by Gasteiger charge is 2.13. The van der Waals surface area contributed by atoms with Crippen molar-refractivity contribution < 1.29 is 9.59 Å². The van der Waals surface area contributed by atoms with Crippen molar-refractivity contribution in [2.75, 3.05) is 12.3 Å². The van der Waals surface area contributed by atoms with Crippen LogP contribution in [0.3, 0.4) is 0 Å². The Morgan fingerprint density at radius 1 is 1.44 bits per heavy atom. The number of hydrogen-bond donors (Lipinski definition) is 3. The lowest BCUT2D eigenvalue weighted by Gasteiger charge is -2.09. The van der Waals surface area contributed by atoms with Gasteiger partial charge in [-0.3, -0.25) is 9.59 Å². The minimum Gasteiger partial charge on any atom is -0.397 e. The third-order valence-electron chi connectivity index (χ3n) is 1.97. The van der Waals surface area contributed by atoms with Crippen molar-refractivity contribution in [1.29, 1.82) is 0 Å². The lowest BCUT2D eigenvalue weighted by Crippen LogP contribution is -2.40. The molecule has 18 heavy (non-hydrogen) atoms. The number of nitrogen functional groups attached to an aromatic ring is 1. The van der Waals surface area contributed by atoms with Crippen LogP contribution in [0, 0.1) is 0 Å². The lowest BCUT2D eigenvalue weighted by atomic mass is 10.3. The predicted molar refractivity (Wildman–Crippen MR) is 69.3 cm³/mol. The Morgan fingerprint density at radius 3 is 2.72 bits per heavy atom. The molecule has 1 aromatic rings. The van der Waals surface area contributed by atoms with Crippen molar-refractivity contribution in [3.05, 3.63) is 23.0 Å². The van der Waals surface area contributed by atoms with E-state index >= 15 is 0 Å². The lowest BCUT2D eigenvalue weighted by molar-refractivity contribution is -0.120. The number of nitrogens with two attached hydrogens (primary N) is 1. The molecule has 0 bridgehead atoms. The molecule has 0 unspecified atom stereocenters. The number of pyridine rings is 1. The van der Waals surface area contributed by atoms with Gasteiger partial charge in [-0.2, -0.15) is 0 Å². The SMILES string of the molecule is CC(C)NC(=O)CNC(=O)c1nc(Cl)ccc1N. The number of aromatic nitrogens is 1. The first kappa shape index (κ1) is 14.2. The zero-order valence-corrected chi connectivity index (χ0v) is 10.9. The Hall–Kier alpha value is -1.82. The van der Waals surface area contributed by atoms with Crippen molar-refractivity contribution in [2.24, 2.45) is 0 Å². The van der Waals surface area contributed by atoms with E-state index in [9.17, 15) is 9.59 Å². The van der Waals surface area contributed by atoms with Gasteiger partial charge in [0.25, 0.3) is 5.91 Å². The first-order chi connectivity index (χ1) is 8.40. The van der Waals surface area contributed by atoms with E-state index in [1.165, 1.54) is 12.1 Å². The van der Waals surface area contributed by atoms with Crippen LogP contribution in [0.2, 0.25) is 5.15 Å². The first-order valence-electron chi connectivity index (χ1n) is 5.39. The van der Waals surface area contributed by atoms with Crippen molar-refractivity contribution >= 4 is 29.1 Å². The van der Waals surface area contributed by atoms with E-state index in [-0.39, 0.29) is 35.0 Å². The normalized spacial score (nSPS) is 10.2. The van der Waals surface area contributed by atoms with Crippen molar-refractivity contribution in [3.63, 3.8) is 0 Å². The summed E-state index contributed by atoms with van der Waals surface area (Å²) in [6.07, 6.45) is 0. The highest BCUT2D eigenvalue weighted by molar-refractivity contribution is 6.29. The molecule has 1 rings (SSSR count). The summed E-state index contributed by atoms with van der Waals surface area (Å²) in [5, 5.41) is 5.23. The number of anilines is 1.